The third kappa shape index (κ3) is 0.818. The number of benzene rings is 1. The summed E-state index contributed by atoms with van der Waals surface area (Å²) in [4.78, 5) is 0. The van der Waals surface area contributed by atoms with Crippen molar-refractivity contribution in [2.24, 2.45) is 0 Å². The minimum atomic E-state index is 0.935. The molecule has 0 fully saturated rings. The lowest BCUT2D eigenvalue weighted by atomic mass is 9.95. The minimum absolute atomic E-state index is 0.935. The van der Waals surface area contributed by atoms with Crippen LogP contribution in [-0.2, 0) is 0 Å². The van der Waals surface area contributed by atoms with Gasteiger partial charge in [0.15, 0.2) is 0 Å². The highest BCUT2D eigenvalue weighted by Crippen LogP contribution is 2.21. The first-order valence-electron chi connectivity index (χ1n) is 3.22. The summed E-state index contributed by atoms with van der Waals surface area (Å²) < 4.78 is 5.21. The van der Waals surface area contributed by atoms with Gasteiger partial charge in [-0.05, 0) is 6.07 Å². The van der Waals surface area contributed by atoms with Crippen LogP contribution in [0.1, 0.15) is 5.56 Å². The van der Waals surface area contributed by atoms with Crippen molar-refractivity contribution in [2.75, 3.05) is 0 Å². The summed E-state index contributed by atoms with van der Waals surface area (Å²) in [7, 11) is 1.68. The first-order valence-corrected chi connectivity index (χ1v) is 3.22. The zero-order valence-electron chi connectivity index (χ0n) is 5.45. The molecule has 0 aromatic heterocycles. The zero-order chi connectivity index (χ0) is 6.81. The van der Waals surface area contributed by atoms with E-state index in [1.54, 1.807) is 7.48 Å². The van der Waals surface area contributed by atoms with E-state index in [-0.39, 0.29) is 0 Å². The third-order valence-corrected chi connectivity index (χ3v) is 1.47. The molecule has 47 valence electrons. The molecule has 1 heterocycles. The molecular weight excluding hydrogens is 123 g/mol. The maximum absolute atomic E-state index is 5.21. The Labute approximate surface area is 60.6 Å². The molecule has 2 rings (SSSR count). The van der Waals surface area contributed by atoms with Gasteiger partial charge in [0.05, 0.1) is 0 Å². The average molecular weight is 129 g/mol. The Bertz CT molecular complexity index is 268. The Morgan fingerprint density at radius 2 is 2.10 bits per heavy atom. The van der Waals surface area contributed by atoms with E-state index >= 15 is 0 Å². The number of hydrogen-bond acceptors (Lipinski definition) is 1. The van der Waals surface area contributed by atoms with Crippen LogP contribution in [0, 0.1) is 0 Å². The van der Waals surface area contributed by atoms with Crippen LogP contribution in [0.25, 0.3) is 6.08 Å². The lowest BCUT2D eigenvalue weighted by Crippen LogP contribution is -2.03. The molecule has 1 aromatic carbocycles. The van der Waals surface area contributed by atoms with Gasteiger partial charge < -0.3 is 4.65 Å². The minimum Gasteiger partial charge on any atom is -0.558 e. The molecule has 0 amide bonds. The molecule has 0 aliphatic carbocycles. The van der Waals surface area contributed by atoms with Crippen molar-refractivity contribution in [3.63, 3.8) is 0 Å². The summed E-state index contributed by atoms with van der Waals surface area (Å²) in [6.45, 7) is 0. The number of hydrogen-bond donors (Lipinski definition) is 0. The van der Waals surface area contributed by atoms with Gasteiger partial charge in [-0.3, -0.25) is 0 Å². The molecule has 1 aromatic rings. The van der Waals surface area contributed by atoms with Gasteiger partial charge in [0.25, 0.3) is 0 Å². The highest BCUT2D eigenvalue weighted by Gasteiger charge is 2.02. The predicted molar refractivity (Wildman–Crippen MR) is 41.9 cm³/mol. The first-order chi connectivity index (χ1) is 4.97. The van der Waals surface area contributed by atoms with E-state index in [1.165, 1.54) is 0 Å². The smallest absolute Gasteiger partial charge is 0.400 e. The van der Waals surface area contributed by atoms with Crippen molar-refractivity contribution in [3.05, 3.63) is 35.8 Å². The van der Waals surface area contributed by atoms with E-state index in [9.17, 15) is 0 Å². The van der Waals surface area contributed by atoms with E-state index in [0.29, 0.717) is 0 Å². The molecule has 1 nitrogen and oxygen atoms in total. The third-order valence-electron chi connectivity index (χ3n) is 1.47. The lowest BCUT2D eigenvalue weighted by Gasteiger charge is -2.09. The second-order valence-electron chi connectivity index (χ2n) is 2.15. The van der Waals surface area contributed by atoms with Gasteiger partial charge in [-0.25, -0.2) is 0 Å². The summed E-state index contributed by atoms with van der Waals surface area (Å²) >= 11 is 0. The van der Waals surface area contributed by atoms with Gasteiger partial charge in [0, 0.05) is 5.56 Å². The molecule has 0 saturated carbocycles. The highest BCUT2D eigenvalue weighted by atomic mass is 16.4. The molecule has 0 N–H and O–H groups in total. The number of rotatable bonds is 0. The Kier molecular flexibility index (Phi) is 1.24. The molecule has 0 atom stereocenters. The van der Waals surface area contributed by atoms with E-state index in [0.717, 1.165) is 11.3 Å². The monoisotopic (exact) mass is 129 g/mol. The van der Waals surface area contributed by atoms with Gasteiger partial charge in [-0.15, -0.1) is 0 Å². The van der Waals surface area contributed by atoms with E-state index in [2.05, 4.69) is 0 Å². The maximum Gasteiger partial charge on any atom is 0.400 e. The van der Waals surface area contributed by atoms with Crippen molar-refractivity contribution in [1.29, 1.82) is 0 Å². The van der Waals surface area contributed by atoms with Crippen LogP contribution in [0.3, 0.4) is 0 Å². The lowest BCUT2D eigenvalue weighted by molar-refractivity contribution is 0.599. The molecule has 1 aliphatic rings. The van der Waals surface area contributed by atoms with E-state index < -0.39 is 0 Å². The summed E-state index contributed by atoms with van der Waals surface area (Å²) in [6, 6.07) is 7.94. The zero-order valence-corrected chi connectivity index (χ0v) is 5.45. The molecule has 0 bridgehead atoms. The Hall–Kier alpha value is -1.18. The van der Waals surface area contributed by atoms with Crippen molar-refractivity contribution >= 4 is 13.6 Å². The molecular formula is C8H6BO. The molecule has 0 saturated heterocycles. The van der Waals surface area contributed by atoms with Crippen LogP contribution >= 0.6 is 0 Å². The largest absolute Gasteiger partial charge is 0.558 e. The fraction of sp³-hybridized carbons (Fsp3) is 0. The molecule has 2 heteroatoms. The van der Waals surface area contributed by atoms with E-state index in [1.807, 2.05) is 36.3 Å². The molecule has 0 spiro atoms. The average Bonchev–Trinajstić information content (AvgIpc) is 2.05. The predicted octanol–water partition coefficient (Wildman–Crippen LogP) is 1.67. The Morgan fingerprint density at radius 3 is 3.00 bits per heavy atom. The number of para-hydroxylation sites is 1. The van der Waals surface area contributed by atoms with Crippen LogP contribution < -0.4 is 4.65 Å². The summed E-state index contributed by atoms with van der Waals surface area (Å²) in [5.74, 6) is 2.83. The Balaban J connectivity index is 2.54. The normalized spacial score (nSPS) is 13.2. The standard InChI is InChI=1S/C8H6BO/c1-2-4-8-7(3-1)5-6-9-10-8/h1-6H. The van der Waals surface area contributed by atoms with Crippen LogP contribution in [0.2, 0.25) is 0 Å². The second kappa shape index (κ2) is 2.22. The van der Waals surface area contributed by atoms with E-state index in [4.69, 9.17) is 4.65 Å². The van der Waals surface area contributed by atoms with Gasteiger partial charge in [-0.2, -0.15) is 0 Å². The fourth-order valence-corrected chi connectivity index (χ4v) is 0.981. The number of fused-ring (bicyclic) bond motifs is 1. The van der Waals surface area contributed by atoms with Crippen LogP contribution in [0.4, 0.5) is 0 Å². The van der Waals surface area contributed by atoms with Crippen molar-refractivity contribution in [3.8, 4) is 5.75 Å². The van der Waals surface area contributed by atoms with Crippen molar-refractivity contribution in [1.82, 2.24) is 0 Å². The van der Waals surface area contributed by atoms with Gasteiger partial charge in [0.1, 0.15) is 5.75 Å². The van der Waals surface area contributed by atoms with Crippen molar-refractivity contribution in [2.45, 2.75) is 0 Å². The molecule has 10 heavy (non-hydrogen) atoms. The van der Waals surface area contributed by atoms with Crippen LogP contribution in [0.15, 0.2) is 30.2 Å². The Morgan fingerprint density at radius 1 is 1.20 bits per heavy atom. The second-order valence-corrected chi connectivity index (χ2v) is 2.15. The van der Waals surface area contributed by atoms with Gasteiger partial charge >= 0.3 is 7.48 Å². The van der Waals surface area contributed by atoms with Gasteiger partial charge in [-0.1, -0.05) is 30.3 Å². The summed E-state index contributed by atoms with van der Waals surface area (Å²) in [5, 5.41) is 0. The van der Waals surface area contributed by atoms with Crippen LogP contribution in [-0.4, -0.2) is 7.48 Å². The quantitative estimate of drug-likeness (QED) is 0.484. The summed E-state index contributed by atoms with van der Waals surface area (Å²) in [6.07, 6.45) is 2.03. The highest BCUT2D eigenvalue weighted by molar-refractivity contribution is 6.37. The first kappa shape index (κ1) is 5.60. The van der Waals surface area contributed by atoms with Crippen molar-refractivity contribution < 1.29 is 4.65 Å². The maximum atomic E-state index is 5.21. The van der Waals surface area contributed by atoms with Crippen LogP contribution in [0.5, 0.6) is 5.75 Å². The molecule has 0 unspecified atom stereocenters. The van der Waals surface area contributed by atoms with Gasteiger partial charge in [0.2, 0.25) is 0 Å². The fourth-order valence-electron chi connectivity index (χ4n) is 0.981. The molecule has 1 radical (unpaired) electrons. The summed E-state index contributed by atoms with van der Waals surface area (Å²) in [5.41, 5.74) is 1.14. The SMILES string of the molecule is [B]1C=Cc2ccccc2O1. The topological polar surface area (TPSA) is 9.23 Å². The molecule has 1 aliphatic heterocycles.